The number of carbonyl (C=O) groups excluding carboxylic acids is 1. The van der Waals surface area contributed by atoms with Gasteiger partial charge in [-0.1, -0.05) is 6.07 Å². The third-order valence-electron chi connectivity index (χ3n) is 5.85. The summed E-state index contributed by atoms with van der Waals surface area (Å²) < 4.78 is 25.8. The molecule has 0 aliphatic carbocycles. The summed E-state index contributed by atoms with van der Waals surface area (Å²) in [5.74, 6) is -0.950. The van der Waals surface area contributed by atoms with Crippen molar-refractivity contribution in [2.45, 2.75) is 32.4 Å². The summed E-state index contributed by atoms with van der Waals surface area (Å²) in [4.78, 5) is 33.0. The normalized spacial score (nSPS) is 15.6. The lowest BCUT2D eigenvalue weighted by molar-refractivity contribution is 0.0511. The van der Waals surface area contributed by atoms with E-state index in [1.54, 1.807) is 35.0 Å². The van der Waals surface area contributed by atoms with Gasteiger partial charge < -0.3 is 24.0 Å². The maximum Gasteiger partial charge on any atom is 0.274 e. The van der Waals surface area contributed by atoms with Gasteiger partial charge in [0.25, 0.3) is 5.91 Å². The summed E-state index contributed by atoms with van der Waals surface area (Å²) in [6.07, 6.45) is 3.66. The van der Waals surface area contributed by atoms with Crippen LogP contribution in [0.2, 0.25) is 0 Å². The second kappa shape index (κ2) is 9.55. The van der Waals surface area contributed by atoms with Gasteiger partial charge in [-0.2, -0.15) is 0 Å². The van der Waals surface area contributed by atoms with Crippen LogP contribution in [0, 0.1) is 5.82 Å². The Morgan fingerprint density at radius 3 is 2.74 bits per heavy atom. The first-order chi connectivity index (χ1) is 16.2. The smallest absolute Gasteiger partial charge is 0.274 e. The van der Waals surface area contributed by atoms with Crippen LogP contribution in [-0.4, -0.2) is 58.9 Å². The number of amides is 1. The third kappa shape index (κ3) is 4.30. The molecule has 3 aromatic rings. The highest BCUT2D eigenvalue weighted by Crippen LogP contribution is 2.33. The number of hydrogen-bond donors (Lipinski definition) is 1. The van der Waals surface area contributed by atoms with Crippen molar-refractivity contribution in [1.82, 2.24) is 14.5 Å². The molecule has 1 amide bonds. The van der Waals surface area contributed by atoms with Crippen molar-refractivity contribution in [1.29, 1.82) is 0 Å². The van der Waals surface area contributed by atoms with Gasteiger partial charge in [-0.3, -0.25) is 9.59 Å². The van der Waals surface area contributed by atoms with E-state index in [4.69, 9.17) is 9.47 Å². The second-order valence-corrected chi connectivity index (χ2v) is 9.52. The Labute approximate surface area is 200 Å². The number of aromatic nitrogens is 2. The summed E-state index contributed by atoms with van der Waals surface area (Å²) in [5, 5.41) is 11.2. The number of nitrogens with zero attached hydrogens (tertiary/aromatic N) is 3. The molecule has 1 atom stereocenters. The summed E-state index contributed by atoms with van der Waals surface area (Å²) >= 11 is 1.29. The summed E-state index contributed by atoms with van der Waals surface area (Å²) in [6, 6.07) is 3.96. The lowest BCUT2D eigenvalue weighted by Gasteiger charge is -2.38. The van der Waals surface area contributed by atoms with Gasteiger partial charge in [-0.05, 0) is 25.5 Å². The van der Waals surface area contributed by atoms with E-state index in [-0.39, 0.29) is 29.2 Å². The van der Waals surface area contributed by atoms with Gasteiger partial charge in [0.15, 0.2) is 11.4 Å². The molecule has 1 N–H and O–H groups in total. The van der Waals surface area contributed by atoms with Gasteiger partial charge in [0.05, 0.1) is 25.3 Å². The molecule has 1 aliphatic rings. The molecule has 0 bridgehead atoms. The average Bonchev–Trinajstić information content (AvgIpc) is 3.26. The zero-order chi connectivity index (χ0) is 24.6. The summed E-state index contributed by atoms with van der Waals surface area (Å²) in [7, 11) is 3.04. The Kier molecular flexibility index (Phi) is 6.72. The highest BCUT2D eigenvalue weighted by Gasteiger charge is 2.36. The Hall–Kier alpha value is -3.24. The molecule has 0 saturated carbocycles. The molecule has 1 unspecified atom stereocenters. The standard InChI is InChI=1S/C24H26FN3O5S/c1-13(2)27-10-16(12-32-3)28-11-18(21(29)22(30)20(28)24(27)31)23-26-9-17(34-23)7-14-5-6-15(25)8-19(14)33-4/h5-6,8-9,11,13,16,30H,7,10,12H2,1-4H3. The number of methoxy groups -OCH3 is 2. The molecule has 10 heteroatoms. The number of fused-ring (bicyclic) bond motifs is 1. The predicted molar refractivity (Wildman–Crippen MR) is 126 cm³/mol. The van der Waals surface area contributed by atoms with E-state index in [1.165, 1.54) is 30.6 Å². The minimum Gasteiger partial charge on any atom is -0.503 e. The SMILES string of the molecule is COCC1CN(C(C)C)C(=O)c2c(O)c(=O)c(-c3ncc(Cc4ccc(F)cc4OC)s3)cn21. The van der Waals surface area contributed by atoms with Crippen LogP contribution in [0.1, 0.15) is 40.8 Å². The first kappa shape index (κ1) is 23.9. The van der Waals surface area contributed by atoms with Crippen molar-refractivity contribution >= 4 is 17.2 Å². The monoisotopic (exact) mass is 487 g/mol. The van der Waals surface area contributed by atoms with Crippen molar-refractivity contribution in [2.24, 2.45) is 0 Å². The average molecular weight is 488 g/mol. The van der Waals surface area contributed by atoms with Crippen LogP contribution in [-0.2, 0) is 11.2 Å². The second-order valence-electron chi connectivity index (χ2n) is 8.40. The fourth-order valence-corrected chi connectivity index (χ4v) is 5.08. The molecule has 1 aliphatic heterocycles. The van der Waals surface area contributed by atoms with Crippen LogP contribution in [0.25, 0.3) is 10.6 Å². The molecule has 4 rings (SSSR count). The lowest BCUT2D eigenvalue weighted by atomic mass is 10.1. The molecule has 8 nitrogen and oxygen atoms in total. The number of benzene rings is 1. The van der Waals surface area contributed by atoms with Gasteiger partial charge in [-0.15, -0.1) is 11.3 Å². The number of halogens is 1. The van der Waals surface area contributed by atoms with Gasteiger partial charge in [0.1, 0.15) is 16.6 Å². The van der Waals surface area contributed by atoms with E-state index in [0.717, 1.165) is 10.4 Å². The maximum atomic E-state index is 13.5. The Bertz CT molecular complexity index is 1290. The number of rotatable bonds is 7. The molecule has 0 radical (unpaired) electrons. The minimum atomic E-state index is -0.651. The van der Waals surface area contributed by atoms with E-state index in [9.17, 15) is 19.1 Å². The molecule has 34 heavy (non-hydrogen) atoms. The molecule has 3 heterocycles. The van der Waals surface area contributed by atoms with Gasteiger partial charge in [-0.25, -0.2) is 9.37 Å². The number of ether oxygens (including phenoxy) is 2. The van der Waals surface area contributed by atoms with Crippen LogP contribution in [0.3, 0.4) is 0 Å². The van der Waals surface area contributed by atoms with Crippen LogP contribution in [0.5, 0.6) is 11.5 Å². The molecular formula is C24H26FN3O5S. The first-order valence-electron chi connectivity index (χ1n) is 10.8. The van der Waals surface area contributed by atoms with Crippen molar-refractivity contribution < 1.29 is 23.8 Å². The van der Waals surface area contributed by atoms with E-state index < -0.39 is 17.1 Å². The Balaban J connectivity index is 1.74. The lowest BCUT2D eigenvalue weighted by Crippen LogP contribution is -2.48. The van der Waals surface area contributed by atoms with E-state index in [1.807, 2.05) is 13.8 Å². The summed E-state index contributed by atoms with van der Waals surface area (Å²) in [5.41, 5.74) is 0.296. The van der Waals surface area contributed by atoms with Crippen LogP contribution in [0.4, 0.5) is 4.39 Å². The first-order valence-corrected chi connectivity index (χ1v) is 11.6. The van der Waals surface area contributed by atoms with Gasteiger partial charge in [0, 0.05) is 49.5 Å². The maximum absolute atomic E-state index is 13.5. The number of aromatic hydroxyl groups is 1. The zero-order valence-corrected chi connectivity index (χ0v) is 20.2. The Morgan fingerprint density at radius 1 is 1.29 bits per heavy atom. The van der Waals surface area contributed by atoms with Crippen molar-refractivity contribution in [3.8, 4) is 22.1 Å². The fraction of sp³-hybridized carbons (Fsp3) is 0.375. The molecule has 180 valence electrons. The molecule has 0 saturated heterocycles. The molecule has 0 fully saturated rings. The van der Waals surface area contributed by atoms with Crippen LogP contribution in [0.15, 0.2) is 35.4 Å². The molecule has 1 aromatic carbocycles. The molecular weight excluding hydrogens is 461 g/mol. The van der Waals surface area contributed by atoms with E-state index in [2.05, 4.69) is 4.98 Å². The fourth-order valence-electron chi connectivity index (χ4n) is 4.14. The quantitative estimate of drug-likeness (QED) is 0.549. The van der Waals surface area contributed by atoms with Crippen molar-refractivity contribution in [3.05, 3.63) is 62.8 Å². The van der Waals surface area contributed by atoms with Gasteiger partial charge in [0.2, 0.25) is 5.43 Å². The van der Waals surface area contributed by atoms with Gasteiger partial charge >= 0.3 is 0 Å². The minimum absolute atomic E-state index is 0.0384. The zero-order valence-electron chi connectivity index (χ0n) is 19.4. The van der Waals surface area contributed by atoms with Crippen molar-refractivity contribution in [2.75, 3.05) is 27.4 Å². The number of pyridine rings is 1. The summed E-state index contributed by atoms with van der Waals surface area (Å²) in [6.45, 7) is 4.47. The third-order valence-corrected chi connectivity index (χ3v) is 6.89. The number of hydrogen-bond acceptors (Lipinski definition) is 7. The highest BCUT2D eigenvalue weighted by molar-refractivity contribution is 7.15. The van der Waals surface area contributed by atoms with Crippen LogP contribution >= 0.6 is 11.3 Å². The largest absolute Gasteiger partial charge is 0.503 e. The van der Waals surface area contributed by atoms with E-state index in [0.29, 0.717) is 30.3 Å². The Morgan fingerprint density at radius 2 is 2.06 bits per heavy atom. The highest BCUT2D eigenvalue weighted by atomic mass is 32.1. The molecule has 2 aromatic heterocycles. The van der Waals surface area contributed by atoms with Crippen LogP contribution < -0.4 is 10.2 Å². The number of thiazole rings is 1. The molecule has 0 spiro atoms. The van der Waals surface area contributed by atoms with E-state index >= 15 is 0 Å². The topological polar surface area (TPSA) is 93.9 Å². The number of carbonyl (C=O) groups is 1. The van der Waals surface area contributed by atoms with Crippen molar-refractivity contribution in [3.63, 3.8) is 0 Å². The predicted octanol–water partition coefficient (Wildman–Crippen LogP) is 3.47.